The van der Waals surface area contributed by atoms with Gasteiger partial charge in [0, 0.05) is 25.0 Å². The molecule has 0 saturated carbocycles. The molecule has 0 spiro atoms. The first-order chi connectivity index (χ1) is 8.66. The third-order valence-electron chi connectivity index (χ3n) is 2.60. The van der Waals surface area contributed by atoms with E-state index in [1.165, 1.54) is 28.4 Å². The van der Waals surface area contributed by atoms with Crippen molar-refractivity contribution in [2.75, 3.05) is 11.9 Å². The molecule has 0 radical (unpaired) electrons. The van der Waals surface area contributed by atoms with Gasteiger partial charge in [-0.1, -0.05) is 12.1 Å². The van der Waals surface area contributed by atoms with E-state index in [0.717, 1.165) is 5.56 Å². The highest BCUT2D eigenvalue weighted by Gasteiger charge is 2.12. The summed E-state index contributed by atoms with van der Waals surface area (Å²) in [7, 11) is 1.70. The van der Waals surface area contributed by atoms with Crippen molar-refractivity contribution in [1.29, 1.82) is 0 Å². The predicted octanol–water partition coefficient (Wildman–Crippen LogP) is 2.88. The lowest BCUT2D eigenvalue weighted by atomic mass is 10.1. The SMILES string of the molecule is CN(C(=O)CCc1cccc(F)c1)c1nccs1. The van der Waals surface area contributed by atoms with E-state index in [2.05, 4.69) is 4.98 Å². The summed E-state index contributed by atoms with van der Waals surface area (Å²) in [6.07, 6.45) is 2.54. The second-order valence-corrected chi connectivity index (χ2v) is 4.77. The minimum atomic E-state index is -0.270. The predicted molar refractivity (Wildman–Crippen MR) is 70.2 cm³/mol. The lowest BCUT2D eigenvalue weighted by Gasteiger charge is -2.13. The highest BCUT2D eigenvalue weighted by atomic mass is 32.1. The normalized spacial score (nSPS) is 10.3. The summed E-state index contributed by atoms with van der Waals surface area (Å²) in [5, 5.41) is 2.50. The number of anilines is 1. The summed E-state index contributed by atoms with van der Waals surface area (Å²) in [6, 6.07) is 6.32. The van der Waals surface area contributed by atoms with Crippen LogP contribution in [0.25, 0.3) is 0 Å². The van der Waals surface area contributed by atoms with Crippen molar-refractivity contribution >= 4 is 22.4 Å². The van der Waals surface area contributed by atoms with Crippen molar-refractivity contribution in [2.24, 2.45) is 0 Å². The van der Waals surface area contributed by atoms with E-state index < -0.39 is 0 Å². The lowest BCUT2D eigenvalue weighted by molar-refractivity contribution is -0.118. The van der Waals surface area contributed by atoms with Crippen LogP contribution in [0.2, 0.25) is 0 Å². The van der Waals surface area contributed by atoms with E-state index >= 15 is 0 Å². The Morgan fingerprint density at radius 1 is 1.50 bits per heavy atom. The number of hydrogen-bond acceptors (Lipinski definition) is 3. The second kappa shape index (κ2) is 5.73. The minimum absolute atomic E-state index is 0.0192. The summed E-state index contributed by atoms with van der Waals surface area (Å²) in [5.74, 6) is -0.289. The monoisotopic (exact) mass is 264 g/mol. The van der Waals surface area contributed by atoms with Gasteiger partial charge in [-0.3, -0.25) is 9.69 Å². The van der Waals surface area contributed by atoms with Gasteiger partial charge in [0.2, 0.25) is 5.91 Å². The molecule has 0 atom stereocenters. The number of carbonyl (C=O) groups excluding carboxylic acids is 1. The van der Waals surface area contributed by atoms with Gasteiger partial charge in [0.25, 0.3) is 0 Å². The Morgan fingerprint density at radius 3 is 3.00 bits per heavy atom. The van der Waals surface area contributed by atoms with E-state index in [1.807, 2.05) is 11.4 Å². The largest absolute Gasteiger partial charge is 0.291 e. The van der Waals surface area contributed by atoms with Gasteiger partial charge < -0.3 is 0 Å². The van der Waals surface area contributed by atoms with Crippen LogP contribution in [-0.4, -0.2) is 17.9 Å². The van der Waals surface area contributed by atoms with Crippen molar-refractivity contribution in [3.63, 3.8) is 0 Å². The van der Waals surface area contributed by atoms with Crippen LogP contribution in [0.3, 0.4) is 0 Å². The maximum absolute atomic E-state index is 13.0. The Morgan fingerprint density at radius 2 is 2.33 bits per heavy atom. The van der Waals surface area contributed by atoms with Crippen LogP contribution in [0, 0.1) is 5.82 Å². The number of aryl methyl sites for hydroxylation is 1. The number of benzene rings is 1. The van der Waals surface area contributed by atoms with E-state index in [1.54, 1.807) is 19.3 Å². The molecule has 2 rings (SSSR count). The van der Waals surface area contributed by atoms with Crippen molar-refractivity contribution in [1.82, 2.24) is 4.98 Å². The molecule has 1 amide bonds. The first-order valence-electron chi connectivity index (χ1n) is 5.57. The van der Waals surface area contributed by atoms with E-state index in [-0.39, 0.29) is 11.7 Å². The molecule has 0 saturated heterocycles. The number of nitrogens with zero attached hydrogens (tertiary/aromatic N) is 2. The summed E-state index contributed by atoms with van der Waals surface area (Å²) in [5.41, 5.74) is 0.830. The first-order valence-corrected chi connectivity index (χ1v) is 6.45. The minimum Gasteiger partial charge on any atom is -0.291 e. The molecule has 0 aliphatic heterocycles. The van der Waals surface area contributed by atoms with Crippen LogP contribution < -0.4 is 4.90 Å². The Balaban J connectivity index is 1.92. The van der Waals surface area contributed by atoms with Gasteiger partial charge in [0.1, 0.15) is 5.82 Å². The molecule has 5 heteroatoms. The standard InChI is InChI=1S/C13H13FN2OS/c1-16(13-15-7-8-18-13)12(17)6-5-10-3-2-4-11(14)9-10/h2-4,7-9H,5-6H2,1H3. The number of amides is 1. The first kappa shape index (κ1) is 12.7. The van der Waals surface area contributed by atoms with Crippen molar-refractivity contribution in [3.8, 4) is 0 Å². The molecule has 0 N–H and O–H groups in total. The van der Waals surface area contributed by atoms with Crippen LogP contribution in [0.5, 0.6) is 0 Å². The molecule has 0 unspecified atom stereocenters. The molecule has 2 aromatic rings. The number of hydrogen-bond donors (Lipinski definition) is 0. The average molecular weight is 264 g/mol. The molecular formula is C13H13FN2OS. The number of carbonyl (C=O) groups is 1. The Labute approximate surface area is 109 Å². The fourth-order valence-corrected chi connectivity index (χ4v) is 2.22. The summed E-state index contributed by atoms with van der Waals surface area (Å²) >= 11 is 1.42. The number of thiazole rings is 1. The zero-order valence-corrected chi connectivity index (χ0v) is 10.8. The van der Waals surface area contributed by atoms with Crippen LogP contribution >= 0.6 is 11.3 Å². The van der Waals surface area contributed by atoms with Crippen molar-refractivity contribution in [3.05, 3.63) is 47.2 Å². The highest BCUT2D eigenvalue weighted by molar-refractivity contribution is 7.13. The van der Waals surface area contributed by atoms with Crippen LogP contribution in [0.4, 0.5) is 9.52 Å². The van der Waals surface area contributed by atoms with E-state index in [4.69, 9.17) is 0 Å². The Hall–Kier alpha value is -1.75. The van der Waals surface area contributed by atoms with Crippen LogP contribution in [0.1, 0.15) is 12.0 Å². The average Bonchev–Trinajstić information content (AvgIpc) is 2.89. The van der Waals surface area contributed by atoms with E-state index in [0.29, 0.717) is 18.0 Å². The Kier molecular flexibility index (Phi) is 4.04. The molecule has 94 valence electrons. The van der Waals surface area contributed by atoms with Gasteiger partial charge >= 0.3 is 0 Å². The maximum atomic E-state index is 13.0. The van der Waals surface area contributed by atoms with Crippen LogP contribution in [0.15, 0.2) is 35.8 Å². The molecule has 3 nitrogen and oxygen atoms in total. The van der Waals surface area contributed by atoms with Crippen molar-refractivity contribution in [2.45, 2.75) is 12.8 Å². The van der Waals surface area contributed by atoms with Gasteiger partial charge in [-0.15, -0.1) is 11.3 Å². The summed E-state index contributed by atoms with van der Waals surface area (Å²) in [4.78, 5) is 17.5. The molecule has 0 fully saturated rings. The molecule has 1 aromatic carbocycles. The molecule has 18 heavy (non-hydrogen) atoms. The molecule has 1 aromatic heterocycles. The van der Waals surface area contributed by atoms with Crippen molar-refractivity contribution < 1.29 is 9.18 Å². The molecule has 0 bridgehead atoms. The zero-order valence-electron chi connectivity index (χ0n) is 9.97. The fourth-order valence-electron chi connectivity index (χ4n) is 1.60. The highest BCUT2D eigenvalue weighted by Crippen LogP contribution is 2.17. The van der Waals surface area contributed by atoms with E-state index in [9.17, 15) is 9.18 Å². The topological polar surface area (TPSA) is 33.2 Å². The smallest absolute Gasteiger partial charge is 0.228 e. The third kappa shape index (κ3) is 3.13. The summed E-state index contributed by atoms with van der Waals surface area (Å²) < 4.78 is 13.0. The van der Waals surface area contributed by atoms with Gasteiger partial charge in [0.05, 0.1) is 0 Å². The maximum Gasteiger partial charge on any atom is 0.228 e. The quantitative estimate of drug-likeness (QED) is 0.850. The van der Waals surface area contributed by atoms with Gasteiger partial charge in [-0.25, -0.2) is 9.37 Å². The number of halogens is 1. The molecule has 0 aliphatic carbocycles. The molecule has 0 aliphatic rings. The third-order valence-corrected chi connectivity index (χ3v) is 3.44. The number of aromatic nitrogens is 1. The zero-order chi connectivity index (χ0) is 13.0. The van der Waals surface area contributed by atoms with Gasteiger partial charge in [0.15, 0.2) is 5.13 Å². The molecule has 1 heterocycles. The second-order valence-electron chi connectivity index (χ2n) is 3.90. The van der Waals surface area contributed by atoms with Crippen LogP contribution in [-0.2, 0) is 11.2 Å². The van der Waals surface area contributed by atoms with Gasteiger partial charge in [-0.05, 0) is 24.1 Å². The fraction of sp³-hybridized carbons (Fsp3) is 0.231. The number of rotatable bonds is 4. The lowest BCUT2D eigenvalue weighted by Crippen LogP contribution is -2.26. The van der Waals surface area contributed by atoms with Gasteiger partial charge in [-0.2, -0.15) is 0 Å². The molecular weight excluding hydrogens is 251 g/mol. The Bertz CT molecular complexity index is 528. The summed E-state index contributed by atoms with van der Waals surface area (Å²) in [6.45, 7) is 0.